The summed E-state index contributed by atoms with van der Waals surface area (Å²) in [7, 11) is 0. The molecule has 2 aromatic rings. The number of nitrogens with one attached hydrogen (secondary N) is 3. The van der Waals surface area contributed by atoms with E-state index in [4.69, 9.17) is 4.74 Å². The lowest BCUT2D eigenvalue weighted by Gasteiger charge is -2.18. The Morgan fingerprint density at radius 2 is 1.73 bits per heavy atom. The van der Waals surface area contributed by atoms with Gasteiger partial charge in [-0.05, 0) is 36.8 Å². The Labute approximate surface area is 189 Å². The molecule has 11 heteroatoms. The molecule has 8 nitrogen and oxygen atoms in total. The molecule has 33 heavy (non-hydrogen) atoms. The maximum atomic E-state index is 12.7. The van der Waals surface area contributed by atoms with Crippen molar-refractivity contribution in [3.05, 3.63) is 47.8 Å². The lowest BCUT2D eigenvalue weighted by Crippen LogP contribution is -2.42. The van der Waals surface area contributed by atoms with Crippen molar-refractivity contribution < 1.29 is 22.7 Å². The second kappa shape index (κ2) is 9.24. The summed E-state index contributed by atoms with van der Waals surface area (Å²) < 4.78 is 42.7. The Bertz CT molecular complexity index is 1020. The highest BCUT2D eigenvalue weighted by atomic mass is 19.4. The molecule has 1 fully saturated rings. The van der Waals surface area contributed by atoms with Gasteiger partial charge in [0.15, 0.2) is 6.61 Å². The summed E-state index contributed by atoms with van der Waals surface area (Å²) in [5.41, 5.74) is 1.69. The van der Waals surface area contributed by atoms with Crippen LogP contribution in [0.3, 0.4) is 0 Å². The van der Waals surface area contributed by atoms with Crippen molar-refractivity contribution >= 4 is 17.6 Å². The molecule has 1 saturated carbocycles. The number of hydrogen-bond acceptors (Lipinski definition) is 7. The summed E-state index contributed by atoms with van der Waals surface area (Å²) in [6.07, 6.45) is -1.50. The number of rotatable bonds is 2. The first-order valence-corrected chi connectivity index (χ1v) is 10.8. The highest BCUT2D eigenvalue weighted by molar-refractivity contribution is 5.92. The van der Waals surface area contributed by atoms with E-state index in [1.54, 1.807) is 0 Å². The van der Waals surface area contributed by atoms with E-state index in [-0.39, 0.29) is 24.1 Å². The number of hydrogen-bond donors (Lipinski definition) is 3. The van der Waals surface area contributed by atoms with Crippen LogP contribution < -0.4 is 20.7 Å². The van der Waals surface area contributed by atoms with Crippen LogP contribution in [0, 0.1) is 0 Å². The van der Waals surface area contributed by atoms with Crippen molar-refractivity contribution in [2.75, 3.05) is 25.0 Å². The van der Waals surface area contributed by atoms with Crippen LogP contribution in [-0.4, -0.2) is 52.3 Å². The van der Waals surface area contributed by atoms with Crippen LogP contribution in [0.1, 0.15) is 42.6 Å². The number of halogens is 3. The molecule has 1 amide bonds. The monoisotopic (exact) mass is 462 g/mol. The van der Waals surface area contributed by atoms with Crippen molar-refractivity contribution in [1.29, 1.82) is 0 Å². The van der Waals surface area contributed by atoms with Crippen LogP contribution in [0.5, 0.6) is 6.01 Å². The van der Waals surface area contributed by atoms with Gasteiger partial charge >= 0.3 is 12.2 Å². The third-order valence-electron chi connectivity index (χ3n) is 5.45. The first-order chi connectivity index (χ1) is 15.7. The first-order valence-electron chi connectivity index (χ1n) is 10.8. The summed E-state index contributed by atoms with van der Waals surface area (Å²) in [5, 5.41) is 9.19. The number of anilines is 1. The summed E-state index contributed by atoms with van der Waals surface area (Å²) in [5.74, 6) is 0.0578. The first kappa shape index (κ1) is 22.8. The minimum Gasteiger partial charge on any atom is -0.454 e. The summed E-state index contributed by atoms with van der Waals surface area (Å²) in [6.45, 7) is 3.78. The van der Waals surface area contributed by atoms with E-state index in [9.17, 15) is 18.0 Å². The molecule has 5 rings (SSSR count). The number of nitrogens with zero attached hydrogens (tertiary/aromatic N) is 3. The van der Waals surface area contributed by atoms with Gasteiger partial charge in [0.1, 0.15) is 11.4 Å². The largest absolute Gasteiger partial charge is 0.454 e. The summed E-state index contributed by atoms with van der Waals surface area (Å²) in [4.78, 5) is 25.1. The van der Waals surface area contributed by atoms with Crippen LogP contribution >= 0.6 is 0 Å². The highest BCUT2D eigenvalue weighted by Crippen LogP contribution is 2.38. The SMILES string of the molecule is C=C1NCCCCNC(=O)C2(CC2)Nc2nc(nc(OCC(F)(F)F)n2)Cc2ccc1cc2. The number of carbonyl (C=O) groups excluding carboxylic acids is 1. The third kappa shape index (κ3) is 6.11. The molecule has 3 aliphatic rings. The number of amides is 1. The fourth-order valence-corrected chi connectivity index (χ4v) is 3.46. The van der Waals surface area contributed by atoms with E-state index in [1.807, 2.05) is 24.3 Å². The lowest BCUT2D eigenvalue weighted by molar-refractivity contribution is -0.154. The van der Waals surface area contributed by atoms with Crippen LogP contribution in [-0.2, 0) is 11.2 Å². The average Bonchev–Trinajstić information content (AvgIpc) is 3.54. The predicted molar refractivity (Wildman–Crippen MR) is 115 cm³/mol. The van der Waals surface area contributed by atoms with Crippen molar-refractivity contribution in [3.8, 4) is 6.01 Å². The molecule has 1 spiro atoms. The third-order valence-corrected chi connectivity index (χ3v) is 5.45. The average molecular weight is 462 g/mol. The van der Waals surface area contributed by atoms with Gasteiger partial charge in [-0.15, -0.1) is 0 Å². The Hall–Kier alpha value is -3.37. The normalized spacial score (nSPS) is 18.5. The van der Waals surface area contributed by atoms with Crippen molar-refractivity contribution in [1.82, 2.24) is 25.6 Å². The number of carbonyl (C=O) groups is 1. The zero-order valence-electron chi connectivity index (χ0n) is 18.0. The number of benzene rings is 1. The molecule has 2 aliphatic heterocycles. The Morgan fingerprint density at radius 1 is 1.03 bits per heavy atom. The molecule has 3 N–H and O–H groups in total. The molecule has 3 heterocycles. The van der Waals surface area contributed by atoms with Crippen molar-refractivity contribution in [3.63, 3.8) is 0 Å². The van der Waals surface area contributed by atoms with Gasteiger partial charge in [0, 0.05) is 25.2 Å². The van der Waals surface area contributed by atoms with Crippen LogP contribution in [0.4, 0.5) is 19.1 Å². The molecule has 0 atom stereocenters. The topological polar surface area (TPSA) is 101 Å². The van der Waals surface area contributed by atoms with Crippen molar-refractivity contribution in [2.45, 2.75) is 43.8 Å². The molecule has 0 unspecified atom stereocenters. The number of aromatic nitrogens is 3. The van der Waals surface area contributed by atoms with Crippen LogP contribution in [0.15, 0.2) is 30.8 Å². The highest BCUT2D eigenvalue weighted by Gasteiger charge is 2.50. The molecule has 0 radical (unpaired) electrons. The standard InChI is InChI=1S/C22H25F3N6O2/c1-14-16-6-4-15(5-7-16)12-17-28-19(30-20(29-17)33-13-22(23,24)25)31-21(8-9-21)18(32)27-11-3-2-10-26-14/h4-7,26H,1-3,8-13H2,(H,27,32)(H,28,29,30,31). The smallest absolute Gasteiger partial charge is 0.422 e. The zero-order chi connectivity index (χ0) is 23.5. The minimum absolute atomic E-state index is 0.0140. The molecule has 1 aromatic carbocycles. The molecular formula is C22H25F3N6O2. The molecule has 4 bridgehead atoms. The summed E-state index contributed by atoms with van der Waals surface area (Å²) in [6, 6.07) is 7.14. The quantitative estimate of drug-likeness (QED) is 0.631. The van der Waals surface area contributed by atoms with Gasteiger partial charge in [-0.25, -0.2) is 0 Å². The van der Waals surface area contributed by atoms with Crippen LogP contribution in [0.25, 0.3) is 5.70 Å². The van der Waals surface area contributed by atoms with E-state index in [0.717, 1.165) is 36.2 Å². The van der Waals surface area contributed by atoms with E-state index in [1.165, 1.54) is 0 Å². The number of ether oxygens (including phenoxy) is 1. The van der Waals surface area contributed by atoms with Gasteiger partial charge in [-0.1, -0.05) is 30.8 Å². The minimum atomic E-state index is -4.53. The fourth-order valence-electron chi connectivity index (χ4n) is 3.46. The zero-order valence-corrected chi connectivity index (χ0v) is 18.0. The lowest BCUT2D eigenvalue weighted by atomic mass is 10.1. The van der Waals surface area contributed by atoms with Gasteiger partial charge < -0.3 is 20.7 Å². The second-order valence-electron chi connectivity index (χ2n) is 8.21. The van der Waals surface area contributed by atoms with E-state index in [2.05, 4.69) is 37.5 Å². The maximum absolute atomic E-state index is 12.7. The van der Waals surface area contributed by atoms with E-state index < -0.39 is 24.3 Å². The number of alkyl halides is 3. The Kier molecular flexibility index (Phi) is 6.39. The van der Waals surface area contributed by atoms with Gasteiger partial charge in [-0.3, -0.25) is 4.79 Å². The second-order valence-corrected chi connectivity index (χ2v) is 8.21. The summed E-state index contributed by atoms with van der Waals surface area (Å²) >= 11 is 0. The van der Waals surface area contributed by atoms with E-state index in [0.29, 0.717) is 19.4 Å². The van der Waals surface area contributed by atoms with Crippen LogP contribution in [0.2, 0.25) is 0 Å². The molecular weight excluding hydrogens is 437 g/mol. The predicted octanol–water partition coefficient (Wildman–Crippen LogP) is 2.82. The van der Waals surface area contributed by atoms with Gasteiger partial charge in [0.25, 0.3) is 0 Å². The Morgan fingerprint density at radius 3 is 2.39 bits per heavy atom. The molecule has 1 aromatic heterocycles. The van der Waals surface area contributed by atoms with Gasteiger partial charge in [0.05, 0.1) is 0 Å². The fraction of sp³-hybridized carbons (Fsp3) is 0.455. The molecule has 0 saturated heterocycles. The molecule has 1 aliphatic carbocycles. The molecule has 176 valence electrons. The van der Waals surface area contributed by atoms with Gasteiger partial charge in [0.2, 0.25) is 11.9 Å². The van der Waals surface area contributed by atoms with E-state index >= 15 is 0 Å². The van der Waals surface area contributed by atoms with Gasteiger partial charge in [-0.2, -0.15) is 28.1 Å². The number of fused-ring (bicyclic) bond motifs is 9. The Balaban J connectivity index is 1.63. The maximum Gasteiger partial charge on any atom is 0.422 e. The van der Waals surface area contributed by atoms with Crippen molar-refractivity contribution in [2.24, 2.45) is 0 Å².